The number of hydrogen-bond acceptors (Lipinski definition) is 4. The number of ether oxygens (including phenoxy) is 1. The zero-order chi connectivity index (χ0) is 24.6. The van der Waals surface area contributed by atoms with E-state index < -0.39 is 23.4 Å². The molecule has 0 unspecified atom stereocenters. The molecule has 1 amide bonds. The fourth-order valence-corrected chi connectivity index (χ4v) is 3.16. The Kier molecular flexibility index (Phi) is 6.35. The molecule has 0 N–H and O–H groups in total. The van der Waals surface area contributed by atoms with Gasteiger partial charge >= 0.3 is 12.3 Å². The van der Waals surface area contributed by atoms with Crippen molar-refractivity contribution in [2.75, 3.05) is 4.90 Å². The van der Waals surface area contributed by atoms with Gasteiger partial charge < -0.3 is 9.30 Å². The van der Waals surface area contributed by atoms with E-state index in [1.807, 2.05) is 0 Å². The number of halogens is 3. The summed E-state index contributed by atoms with van der Waals surface area (Å²) < 4.78 is 46.5. The maximum absolute atomic E-state index is 13.2. The number of amides is 1. The van der Waals surface area contributed by atoms with Gasteiger partial charge in [0.2, 0.25) is 0 Å². The smallest absolute Gasteiger partial charge is 0.419 e. The Morgan fingerprint density at radius 3 is 2.15 bits per heavy atom. The molecule has 0 saturated carbocycles. The van der Waals surface area contributed by atoms with Crippen molar-refractivity contribution in [3.63, 3.8) is 0 Å². The molecule has 9 heteroatoms. The highest BCUT2D eigenvalue weighted by Crippen LogP contribution is 2.38. The quantitative estimate of drug-likeness (QED) is 0.425. The Morgan fingerprint density at radius 2 is 1.67 bits per heavy atom. The topological polar surface area (TPSA) is 64.4 Å². The lowest BCUT2D eigenvalue weighted by molar-refractivity contribution is -0.137. The number of anilines is 2. The zero-order valence-electron chi connectivity index (χ0n) is 18.9. The fourth-order valence-electron chi connectivity index (χ4n) is 3.16. The third-order valence-corrected chi connectivity index (χ3v) is 4.65. The molecule has 0 radical (unpaired) electrons. The number of imidazole rings is 1. The molecule has 0 fully saturated rings. The van der Waals surface area contributed by atoms with E-state index in [2.05, 4.69) is 4.98 Å². The van der Waals surface area contributed by atoms with E-state index in [1.54, 1.807) is 63.1 Å². The van der Waals surface area contributed by atoms with Gasteiger partial charge in [0.1, 0.15) is 5.60 Å². The predicted molar refractivity (Wildman–Crippen MR) is 118 cm³/mol. The van der Waals surface area contributed by atoms with Crippen LogP contribution in [0.4, 0.5) is 29.3 Å². The van der Waals surface area contributed by atoms with Crippen LogP contribution in [0, 0.1) is 0 Å². The highest BCUT2D eigenvalue weighted by molar-refractivity contribution is 6.03. The van der Waals surface area contributed by atoms with Crippen LogP contribution >= 0.6 is 0 Å². The summed E-state index contributed by atoms with van der Waals surface area (Å²) in [5.41, 5.74) is 0.122. The molecule has 1 aromatic heterocycles. The monoisotopic (exact) mass is 459 g/mol. The van der Waals surface area contributed by atoms with Crippen molar-refractivity contribution >= 4 is 23.3 Å². The van der Waals surface area contributed by atoms with Crippen molar-refractivity contribution in [3.05, 3.63) is 66.1 Å². The van der Waals surface area contributed by atoms with E-state index >= 15 is 0 Å². The Balaban J connectivity index is 2.22. The molecule has 0 aliphatic carbocycles. The molecule has 0 aliphatic heterocycles. The molecule has 0 atom stereocenters. The zero-order valence-corrected chi connectivity index (χ0v) is 18.9. The second-order valence-electron chi connectivity index (χ2n) is 8.57. The van der Waals surface area contributed by atoms with E-state index in [1.165, 1.54) is 24.0 Å². The third kappa shape index (κ3) is 5.60. The first-order chi connectivity index (χ1) is 15.3. The van der Waals surface area contributed by atoms with Gasteiger partial charge in [-0.1, -0.05) is 0 Å². The summed E-state index contributed by atoms with van der Waals surface area (Å²) in [6, 6.07) is 8.91. The summed E-state index contributed by atoms with van der Waals surface area (Å²) in [5, 5.41) is 0. The molecule has 6 nitrogen and oxygen atoms in total. The maximum atomic E-state index is 13.2. The van der Waals surface area contributed by atoms with Crippen LogP contribution in [0.2, 0.25) is 0 Å². The van der Waals surface area contributed by atoms with Crippen molar-refractivity contribution in [3.8, 4) is 11.3 Å². The van der Waals surface area contributed by atoms with E-state index in [-0.39, 0.29) is 11.5 Å². The van der Waals surface area contributed by atoms with Crippen LogP contribution in [-0.4, -0.2) is 27.0 Å². The molecule has 0 aliphatic rings. The lowest BCUT2D eigenvalue weighted by atomic mass is 10.0. The first kappa shape index (κ1) is 24.0. The SMILES string of the molecule is CC(=O)c1ccc(N(C(=O)OC(C)(C)C)c2ccc(C(F)(F)F)cc2)c(-c2cn(C)cn2)c1. The number of alkyl halides is 3. The number of Topliss-reactive ketones (excluding diaryl/α,β-unsaturated/α-hetero) is 1. The van der Waals surface area contributed by atoms with E-state index in [4.69, 9.17) is 4.74 Å². The van der Waals surface area contributed by atoms with Crippen molar-refractivity contribution < 1.29 is 27.5 Å². The number of carbonyl (C=O) groups is 2. The molecule has 1 heterocycles. The van der Waals surface area contributed by atoms with E-state index in [0.29, 0.717) is 22.5 Å². The van der Waals surface area contributed by atoms with Gasteiger partial charge in [0, 0.05) is 24.4 Å². The molecule has 0 spiro atoms. The molecule has 2 aromatic carbocycles. The minimum Gasteiger partial charge on any atom is -0.443 e. The van der Waals surface area contributed by atoms with Crippen molar-refractivity contribution in [2.24, 2.45) is 7.05 Å². The van der Waals surface area contributed by atoms with Crippen LogP contribution in [-0.2, 0) is 18.0 Å². The summed E-state index contributed by atoms with van der Waals surface area (Å²) >= 11 is 0. The molecule has 174 valence electrons. The van der Waals surface area contributed by atoms with Gasteiger partial charge in [-0.3, -0.25) is 4.79 Å². The Labute approximate surface area is 189 Å². The van der Waals surface area contributed by atoms with Crippen LogP contribution in [0.25, 0.3) is 11.3 Å². The van der Waals surface area contributed by atoms with Crippen LogP contribution in [0.3, 0.4) is 0 Å². The minimum absolute atomic E-state index is 0.171. The number of hydrogen-bond donors (Lipinski definition) is 0. The number of carbonyl (C=O) groups excluding carboxylic acids is 2. The fraction of sp³-hybridized carbons (Fsp3) is 0.292. The molecule has 3 aromatic rings. The summed E-state index contributed by atoms with van der Waals surface area (Å²) in [6.07, 6.45) is -2.02. The van der Waals surface area contributed by atoms with Gasteiger partial charge in [-0.05, 0) is 70.2 Å². The molecule has 3 rings (SSSR count). The Hall–Kier alpha value is -3.62. The second-order valence-corrected chi connectivity index (χ2v) is 8.57. The van der Waals surface area contributed by atoms with Crippen molar-refractivity contribution in [2.45, 2.75) is 39.5 Å². The Morgan fingerprint density at radius 1 is 1.03 bits per heavy atom. The van der Waals surface area contributed by atoms with Gasteiger partial charge in [-0.15, -0.1) is 0 Å². The van der Waals surface area contributed by atoms with Gasteiger partial charge in [-0.2, -0.15) is 13.2 Å². The summed E-state index contributed by atoms with van der Waals surface area (Å²) in [4.78, 5) is 30.7. The standard InChI is InChI=1S/C24H24F3N3O3/c1-15(31)16-6-11-21(19(12-16)20-13-29(5)14-28-20)30(22(32)33-23(2,3)4)18-9-7-17(8-10-18)24(25,26)27/h6-14H,1-5H3. The summed E-state index contributed by atoms with van der Waals surface area (Å²) in [6.45, 7) is 6.48. The second kappa shape index (κ2) is 8.73. The number of aryl methyl sites for hydroxylation is 1. The van der Waals surface area contributed by atoms with Gasteiger partial charge in [0.15, 0.2) is 5.78 Å². The van der Waals surface area contributed by atoms with E-state index in [9.17, 15) is 22.8 Å². The highest BCUT2D eigenvalue weighted by atomic mass is 19.4. The lowest BCUT2D eigenvalue weighted by Crippen LogP contribution is -2.34. The number of aromatic nitrogens is 2. The third-order valence-electron chi connectivity index (χ3n) is 4.65. The first-order valence-corrected chi connectivity index (χ1v) is 10.1. The van der Waals surface area contributed by atoms with Gasteiger partial charge in [0.05, 0.1) is 29.0 Å². The molecule has 33 heavy (non-hydrogen) atoms. The number of ketones is 1. The normalized spacial score (nSPS) is 11.9. The van der Waals surface area contributed by atoms with Crippen LogP contribution in [0.1, 0.15) is 43.6 Å². The number of rotatable bonds is 4. The lowest BCUT2D eigenvalue weighted by Gasteiger charge is -2.29. The average Bonchev–Trinajstić information content (AvgIpc) is 3.13. The average molecular weight is 459 g/mol. The van der Waals surface area contributed by atoms with Crippen LogP contribution < -0.4 is 4.90 Å². The Bertz CT molecular complexity index is 1180. The number of benzene rings is 2. The van der Waals surface area contributed by atoms with Crippen molar-refractivity contribution in [1.82, 2.24) is 9.55 Å². The minimum atomic E-state index is -4.52. The van der Waals surface area contributed by atoms with E-state index in [0.717, 1.165) is 12.1 Å². The first-order valence-electron chi connectivity index (χ1n) is 10.1. The summed E-state index contributed by atoms with van der Waals surface area (Å²) in [5.74, 6) is -0.183. The van der Waals surface area contributed by atoms with Crippen LogP contribution in [0.15, 0.2) is 55.0 Å². The van der Waals surface area contributed by atoms with Crippen LogP contribution in [0.5, 0.6) is 0 Å². The highest BCUT2D eigenvalue weighted by Gasteiger charge is 2.32. The molecular weight excluding hydrogens is 435 g/mol. The summed E-state index contributed by atoms with van der Waals surface area (Å²) in [7, 11) is 1.77. The van der Waals surface area contributed by atoms with Crippen molar-refractivity contribution in [1.29, 1.82) is 0 Å². The van der Waals surface area contributed by atoms with Gasteiger partial charge in [-0.25, -0.2) is 14.7 Å². The molecule has 0 saturated heterocycles. The predicted octanol–water partition coefficient (Wildman–Crippen LogP) is 6.38. The maximum Gasteiger partial charge on any atom is 0.419 e. The molecular formula is C24H24F3N3O3. The largest absolute Gasteiger partial charge is 0.443 e. The van der Waals surface area contributed by atoms with Gasteiger partial charge in [0.25, 0.3) is 0 Å². The molecule has 0 bridgehead atoms. The number of nitrogens with zero attached hydrogens (tertiary/aromatic N) is 3.